The molecule has 0 saturated heterocycles. The minimum absolute atomic E-state index is 0.0264. The van der Waals surface area contributed by atoms with E-state index in [1.54, 1.807) is 0 Å². The maximum absolute atomic E-state index is 13.5. The number of nitrogens with zero attached hydrogens (tertiary/aromatic N) is 1. The predicted molar refractivity (Wildman–Crippen MR) is 95.9 cm³/mol. The fourth-order valence-corrected chi connectivity index (χ4v) is 3.64. The van der Waals surface area contributed by atoms with Crippen LogP contribution in [-0.2, 0) is 14.6 Å². The van der Waals surface area contributed by atoms with Crippen molar-refractivity contribution in [3.63, 3.8) is 0 Å². The Labute approximate surface area is 159 Å². The average Bonchev–Trinajstić information content (AvgIpc) is 2.61. The van der Waals surface area contributed by atoms with E-state index in [0.717, 1.165) is 6.07 Å². The molecule has 0 fully saturated rings. The maximum Gasteiger partial charge on any atom is 0.238 e. The van der Waals surface area contributed by atoms with Gasteiger partial charge in [0.1, 0.15) is 0 Å². The van der Waals surface area contributed by atoms with Crippen LogP contribution in [0.25, 0.3) is 0 Å². The molecule has 0 radical (unpaired) electrons. The van der Waals surface area contributed by atoms with E-state index in [1.807, 2.05) is 0 Å². The average molecular weight is 421 g/mol. The molecule has 0 aliphatic rings. The van der Waals surface area contributed by atoms with Crippen molar-refractivity contribution in [2.45, 2.75) is 4.90 Å². The van der Waals surface area contributed by atoms with Gasteiger partial charge < -0.3 is 5.32 Å². The molecule has 0 unspecified atom stereocenters. The first kappa shape index (κ1) is 21.2. The zero-order valence-electron chi connectivity index (χ0n) is 14.2. The van der Waals surface area contributed by atoms with Gasteiger partial charge in [-0.15, -0.1) is 0 Å². The second-order valence-corrected chi connectivity index (χ2v) is 8.33. The number of hydrogen-bond donors (Lipinski definition) is 1. The third-order valence-electron chi connectivity index (χ3n) is 3.64. The lowest BCUT2D eigenvalue weighted by Gasteiger charge is -2.16. The van der Waals surface area contributed by atoms with Crippen LogP contribution < -0.4 is 5.32 Å². The molecular weight excluding hydrogens is 405 g/mol. The monoisotopic (exact) mass is 420 g/mol. The molecule has 0 atom stereocenters. The summed E-state index contributed by atoms with van der Waals surface area (Å²) in [7, 11) is -2.07. The fourth-order valence-electron chi connectivity index (χ4n) is 2.17. The third kappa shape index (κ3) is 5.69. The van der Waals surface area contributed by atoms with E-state index in [4.69, 9.17) is 11.6 Å². The summed E-state index contributed by atoms with van der Waals surface area (Å²) in [5.41, 5.74) is -0.499. The van der Waals surface area contributed by atoms with E-state index >= 15 is 0 Å². The molecular formula is C17H16ClF3N2O3S. The Morgan fingerprint density at radius 3 is 2.33 bits per heavy atom. The standard InChI is InChI=1S/C17H16ClF3N2O3S/c1-23(8-9-27(25,26)12-4-2-11(18)3-5-12)10-15(24)22-14-7-6-13(19)16(20)17(14)21/h2-7H,8-10H2,1H3,(H,22,24). The van der Waals surface area contributed by atoms with Crippen LogP contribution in [0.1, 0.15) is 0 Å². The Bertz CT molecular complexity index is 937. The summed E-state index contributed by atoms with van der Waals surface area (Å²) in [6.07, 6.45) is 0. The third-order valence-corrected chi connectivity index (χ3v) is 5.60. The highest BCUT2D eigenvalue weighted by molar-refractivity contribution is 7.91. The van der Waals surface area contributed by atoms with Crippen molar-refractivity contribution in [3.8, 4) is 0 Å². The highest BCUT2D eigenvalue weighted by Gasteiger charge is 2.18. The van der Waals surface area contributed by atoms with Gasteiger partial charge in [-0.25, -0.2) is 21.6 Å². The van der Waals surface area contributed by atoms with Crippen molar-refractivity contribution in [1.29, 1.82) is 0 Å². The summed E-state index contributed by atoms with van der Waals surface area (Å²) in [6.45, 7) is -0.243. The lowest BCUT2D eigenvalue weighted by atomic mass is 10.2. The van der Waals surface area contributed by atoms with Crippen LogP contribution in [0.3, 0.4) is 0 Å². The first-order valence-electron chi connectivity index (χ1n) is 7.70. The molecule has 0 saturated carbocycles. The number of carbonyl (C=O) groups is 1. The SMILES string of the molecule is CN(CCS(=O)(=O)c1ccc(Cl)cc1)CC(=O)Nc1ccc(F)c(F)c1F. The Balaban J connectivity index is 1.91. The van der Waals surface area contributed by atoms with Gasteiger partial charge in [0.25, 0.3) is 0 Å². The van der Waals surface area contributed by atoms with Crippen molar-refractivity contribution in [1.82, 2.24) is 4.90 Å². The summed E-state index contributed by atoms with van der Waals surface area (Å²) in [4.78, 5) is 13.4. The second kappa shape index (κ2) is 8.73. The minimum Gasteiger partial charge on any atom is -0.322 e. The van der Waals surface area contributed by atoms with Crippen LogP contribution in [-0.4, -0.2) is 45.1 Å². The number of anilines is 1. The Morgan fingerprint density at radius 2 is 1.70 bits per heavy atom. The first-order valence-corrected chi connectivity index (χ1v) is 9.73. The molecule has 1 amide bonds. The summed E-state index contributed by atoms with van der Waals surface area (Å²) < 4.78 is 64.1. The van der Waals surface area contributed by atoms with Crippen molar-refractivity contribution in [2.24, 2.45) is 0 Å². The van der Waals surface area contributed by atoms with Gasteiger partial charge in [-0.1, -0.05) is 11.6 Å². The molecule has 0 aliphatic heterocycles. The lowest BCUT2D eigenvalue weighted by molar-refractivity contribution is -0.117. The van der Waals surface area contributed by atoms with Crippen molar-refractivity contribution < 1.29 is 26.4 Å². The van der Waals surface area contributed by atoms with E-state index in [2.05, 4.69) is 5.32 Å². The summed E-state index contributed by atoms with van der Waals surface area (Å²) in [6, 6.07) is 7.28. The smallest absolute Gasteiger partial charge is 0.238 e. The molecule has 5 nitrogen and oxygen atoms in total. The van der Waals surface area contributed by atoms with Gasteiger partial charge in [-0.2, -0.15) is 0 Å². The van der Waals surface area contributed by atoms with Gasteiger partial charge in [0.15, 0.2) is 27.3 Å². The van der Waals surface area contributed by atoms with Gasteiger partial charge in [-0.3, -0.25) is 9.69 Å². The lowest BCUT2D eigenvalue weighted by Crippen LogP contribution is -2.33. The first-order chi connectivity index (χ1) is 12.6. The number of benzene rings is 2. The number of rotatable bonds is 7. The van der Waals surface area contributed by atoms with Crippen LogP contribution in [0, 0.1) is 17.5 Å². The molecule has 10 heteroatoms. The zero-order chi connectivity index (χ0) is 20.2. The normalized spacial score (nSPS) is 11.6. The number of sulfone groups is 1. The highest BCUT2D eigenvalue weighted by atomic mass is 35.5. The predicted octanol–water partition coefficient (Wildman–Crippen LogP) is 3.10. The minimum atomic E-state index is -3.57. The van der Waals surface area contributed by atoms with Crippen molar-refractivity contribution in [3.05, 3.63) is 58.9 Å². The second-order valence-electron chi connectivity index (χ2n) is 5.78. The van der Waals surface area contributed by atoms with Crippen LogP contribution >= 0.6 is 11.6 Å². The Hall–Kier alpha value is -2.10. The molecule has 2 rings (SSSR count). The Morgan fingerprint density at radius 1 is 1.07 bits per heavy atom. The molecule has 0 heterocycles. The molecule has 2 aromatic carbocycles. The van der Waals surface area contributed by atoms with Crippen LogP contribution in [0.15, 0.2) is 41.3 Å². The van der Waals surface area contributed by atoms with Crippen LogP contribution in [0.5, 0.6) is 0 Å². The summed E-state index contributed by atoms with van der Waals surface area (Å²) >= 11 is 5.72. The topological polar surface area (TPSA) is 66.5 Å². The van der Waals surface area contributed by atoms with E-state index in [1.165, 1.54) is 36.2 Å². The van der Waals surface area contributed by atoms with E-state index in [0.29, 0.717) is 11.1 Å². The van der Waals surface area contributed by atoms with Crippen molar-refractivity contribution >= 4 is 33.0 Å². The zero-order valence-corrected chi connectivity index (χ0v) is 15.7. The molecule has 146 valence electrons. The van der Waals surface area contributed by atoms with Gasteiger partial charge in [0.05, 0.1) is 22.9 Å². The molecule has 0 bridgehead atoms. The quantitative estimate of drug-likeness (QED) is 0.699. The molecule has 0 aliphatic carbocycles. The number of nitrogens with one attached hydrogen (secondary N) is 1. The number of carbonyl (C=O) groups excluding carboxylic acids is 1. The van der Waals surface area contributed by atoms with Crippen LogP contribution in [0.2, 0.25) is 5.02 Å². The number of amides is 1. The number of hydrogen-bond acceptors (Lipinski definition) is 4. The van der Waals surface area contributed by atoms with Gasteiger partial charge in [0, 0.05) is 11.6 Å². The molecule has 0 spiro atoms. The van der Waals surface area contributed by atoms with Gasteiger partial charge >= 0.3 is 0 Å². The summed E-state index contributed by atoms with van der Waals surface area (Å²) in [5, 5.41) is 2.53. The molecule has 0 aromatic heterocycles. The summed E-state index contributed by atoms with van der Waals surface area (Å²) in [5.74, 6) is -5.51. The highest BCUT2D eigenvalue weighted by Crippen LogP contribution is 2.19. The van der Waals surface area contributed by atoms with E-state index in [9.17, 15) is 26.4 Å². The maximum atomic E-state index is 13.5. The molecule has 1 N–H and O–H groups in total. The fraction of sp³-hybridized carbons (Fsp3) is 0.235. The van der Waals surface area contributed by atoms with E-state index < -0.39 is 38.9 Å². The van der Waals surface area contributed by atoms with Crippen LogP contribution in [0.4, 0.5) is 18.9 Å². The number of likely N-dealkylation sites (N-methyl/N-ethyl adjacent to an activating group) is 1. The van der Waals surface area contributed by atoms with Crippen molar-refractivity contribution in [2.75, 3.05) is 31.2 Å². The van der Waals surface area contributed by atoms with Gasteiger partial charge in [0.2, 0.25) is 5.91 Å². The number of halogens is 4. The largest absolute Gasteiger partial charge is 0.322 e. The van der Waals surface area contributed by atoms with Gasteiger partial charge in [-0.05, 0) is 43.4 Å². The Kier molecular flexibility index (Phi) is 6.85. The molecule has 27 heavy (non-hydrogen) atoms. The van der Waals surface area contributed by atoms with E-state index in [-0.39, 0.29) is 23.7 Å². The molecule has 2 aromatic rings.